The van der Waals surface area contributed by atoms with Gasteiger partial charge < -0.3 is 15.7 Å². The maximum atomic E-state index is 12.1. The Morgan fingerprint density at radius 3 is 2.78 bits per heavy atom. The van der Waals surface area contributed by atoms with Crippen LogP contribution in [0.2, 0.25) is 0 Å². The maximum Gasteiger partial charge on any atom is 0.303 e. The first kappa shape index (κ1) is 13.3. The second kappa shape index (κ2) is 5.69. The molecule has 18 heavy (non-hydrogen) atoms. The lowest BCUT2D eigenvalue weighted by molar-refractivity contribution is -0.137. The first-order valence-corrected chi connectivity index (χ1v) is 6.84. The van der Waals surface area contributed by atoms with Crippen LogP contribution in [0.5, 0.6) is 0 Å². The van der Waals surface area contributed by atoms with Crippen LogP contribution in [-0.2, 0) is 9.59 Å². The summed E-state index contributed by atoms with van der Waals surface area (Å²) in [6.07, 6.45) is 4.78. The van der Waals surface area contributed by atoms with Gasteiger partial charge in [-0.05, 0) is 39.0 Å². The minimum Gasteiger partial charge on any atom is -0.481 e. The number of fused-ring (bicyclic) bond motifs is 2. The standard InChI is InChI=1S/C13H22N2O3/c1-8(3-2-4-12(16)17)14-13(18)10-7-9-5-6-11(10)15-9/h8-11,15H,2-7H2,1H3,(H,14,18)(H,16,17). The Bertz CT molecular complexity index is 332. The molecule has 3 N–H and O–H groups in total. The Kier molecular flexibility index (Phi) is 4.22. The zero-order chi connectivity index (χ0) is 13.1. The highest BCUT2D eigenvalue weighted by molar-refractivity contribution is 5.80. The van der Waals surface area contributed by atoms with E-state index in [4.69, 9.17) is 5.11 Å². The average Bonchev–Trinajstić information content (AvgIpc) is 2.89. The summed E-state index contributed by atoms with van der Waals surface area (Å²) in [5.41, 5.74) is 0. The van der Waals surface area contributed by atoms with Gasteiger partial charge in [-0.2, -0.15) is 0 Å². The summed E-state index contributed by atoms with van der Waals surface area (Å²) in [5.74, 6) is -0.519. The van der Waals surface area contributed by atoms with Gasteiger partial charge in [0.05, 0.1) is 5.92 Å². The van der Waals surface area contributed by atoms with E-state index in [0.29, 0.717) is 18.5 Å². The van der Waals surface area contributed by atoms with E-state index in [1.54, 1.807) is 0 Å². The van der Waals surface area contributed by atoms with E-state index in [-0.39, 0.29) is 24.3 Å². The molecule has 4 atom stereocenters. The van der Waals surface area contributed by atoms with Crippen molar-refractivity contribution in [1.82, 2.24) is 10.6 Å². The van der Waals surface area contributed by atoms with Crippen molar-refractivity contribution in [1.29, 1.82) is 0 Å². The van der Waals surface area contributed by atoms with Crippen molar-refractivity contribution in [3.63, 3.8) is 0 Å². The zero-order valence-corrected chi connectivity index (χ0v) is 10.8. The van der Waals surface area contributed by atoms with Gasteiger partial charge in [-0.25, -0.2) is 0 Å². The second-order valence-corrected chi connectivity index (χ2v) is 5.59. The fourth-order valence-corrected chi connectivity index (χ4v) is 3.10. The number of carboxylic acids is 1. The summed E-state index contributed by atoms with van der Waals surface area (Å²) in [4.78, 5) is 22.5. The van der Waals surface area contributed by atoms with E-state index < -0.39 is 5.97 Å². The average molecular weight is 254 g/mol. The lowest BCUT2D eigenvalue weighted by Gasteiger charge is -2.22. The first-order valence-electron chi connectivity index (χ1n) is 6.84. The Hall–Kier alpha value is -1.10. The molecule has 2 fully saturated rings. The van der Waals surface area contributed by atoms with Crippen LogP contribution < -0.4 is 10.6 Å². The number of amides is 1. The zero-order valence-electron chi connectivity index (χ0n) is 10.8. The largest absolute Gasteiger partial charge is 0.481 e. The van der Waals surface area contributed by atoms with E-state index in [1.807, 2.05) is 6.92 Å². The number of nitrogens with one attached hydrogen (secondary N) is 2. The quantitative estimate of drug-likeness (QED) is 0.657. The van der Waals surface area contributed by atoms with Gasteiger partial charge in [0.15, 0.2) is 0 Å². The Morgan fingerprint density at radius 2 is 2.22 bits per heavy atom. The molecule has 0 aliphatic carbocycles. The smallest absolute Gasteiger partial charge is 0.303 e. The molecule has 2 aliphatic rings. The fraction of sp³-hybridized carbons (Fsp3) is 0.846. The lowest BCUT2D eigenvalue weighted by atomic mass is 9.88. The van der Waals surface area contributed by atoms with Crippen molar-refractivity contribution < 1.29 is 14.7 Å². The van der Waals surface area contributed by atoms with Crippen LogP contribution in [0.3, 0.4) is 0 Å². The van der Waals surface area contributed by atoms with Crippen LogP contribution in [0.15, 0.2) is 0 Å². The molecule has 5 nitrogen and oxygen atoms in total. The van der Waals surface area contributed by atoms with E-state index in [1.165, 1.54) is 6.42 Å². The lowest BCUT2D eigenvalue weighted by Crippen LogP contribution is -2.41. The van der Waals surface area contributed by atoms with Crippen molar-refractivity contribution in [3.8, 4) is 0 Å². The number of carbonyl (C=O) groups is 2. The highest BCUT2D eigenvalue weighted by Gasteiger charge is 2.42. The van der Waals surface area contributed by atoms with Crippen molar-refractivity contribution >= 4 is 11.9 Å². The molecule has 0 radical (unpaired) electrons. The van der Waals surface area contributed by atoms with Crippen LogP contribution in [0.4, 0.5) is 0 Å². The second-order valence-electron chi connectivity index (χ2n) is 5.59. The minimum absolute atomic E-state index is 0.0657. The van der Waals surface area contributed by atoms with Crippen molar-refractivity contribution in [2.24, 2.45) is 5.92 Å². The predicted molar refractivity (Wildman–Crippen MR) is 67.1 cm³/mol. The first-order chi connectivity index (χ1) is 8.56. The monoisotopic (exact) mass is 254 g/mol. The molecule has 2 aliphatic heterocycles. The molecule has 4 unspecified atom stereocenters. The number of hydrogen-bond acceptors (Lipinski definition) is 3. The van der Waals surface area contributed by atoms with Crippen LogP contribution >= 0.6 is 0 Å². The molecule has 5 heteroatoms. The molecule has 0 spiro atoms. The predicted octanol–water partition coefficient (Wildman–Crippen LogP) is 0.887. The Balaban J connectivity index is 1.69. The normalized spacial score (nSPS) is 31.3. The number of rotatable bonds is 6. The van der Waals surface area contributed by atoms with E-state index in [0.717, 1.165) is 19.3 Å². The van der Waals surface area contributed by atoms with Crippen molar-refractivity contribution in [2.45, 2.75) is 63.6 Å². The van der Waals surface area contributed by atoms with Crippen LogP contribution in [0.1, 0.15) is 45.4 Å². The van der Waals surface area contributed by atoms with Gasteiger partial charge in [0.1, 0.15) is 0 Å². The topological polar surface area (TPSA) is 78.4 Å². The highest BCUT2D eigenvalue weighted by Crippen LogP contribution is 2.33. The number of carbonyl (C=O) groups excluding carboxylic acids is 1. The summed E-state index contributed by atoms with van der Waals surface area (Å²) in [7, 11) is 0. The molecular formula is C13H22N2O3. The third kappa shape index (κ3) is 3.22. The van der Waals surface area contributed by atoms with Gasteiger partial charge in [0.25, 0.3) is 0 Å². The molecule has 102 valence electrons. The van der Waals surface area contributed by atoms with Gasteiger partial charge in [-0.3, -0.25) is 9.59 Å². The molecule has 0 aromatic rings. The number of hydrogen-bond donors (Lipinski definition) is 3. The van der Waals surface area contributed by atoms with Gasteiger partial charge >= 0.3 is 5.97 Å². The molecule has 1 amide bonds. The highest BCUT2D eigenvalue weighted by atomic mass is 16.4. The van der Waals surface area contributed by atoms with Crippen molar-refractivity contribution in [2.75, 3.05) is 0 Å². The van der Waals surface area contributed by atoms with Crippen molar-refractivity contribution in [3.05, 3.63) is 0 Å². The van der Waals surface area contributed by atoms with Gasteiger partial charge in [0, 0.05) is 24.5 Å². The number of carboxylic acid groups (broad SMARTS) is 1. The summed E-state index contributed by atoms with van der Waals surface area (Å²) in [6.45, 7) is 1.94. The Labute approximate surface area is 107 Å². The molecule has 0 saturated carbocycles. The Morgan fingerprint density at radius 1 is 1.44 bits per heavy atom. The van der Waals surface area contributed by atoms with Crippen LogP contribution in [-0.4, -0.2) is 35.1 Å². The van der Waals surface area contributed by atoms with Crippen LogP contribution in [0.25, 0.3) is 0 Å². The molecular weight excluding hydrogens is 232 g/mol. The maximum absolute atomic E-state index is 12.1. The van der Waals surface area contributed by atoms with E-state index in [9.17, 15) is 9.59 Å². The summed E-state index contributed by atoms with van der Waals surface area (Å²) in [6, 6.07) is 0.963. The molecule has 2 heterocycles. The SMILES string of the molecule is CC(CCCC(=O)O)NC(=O)C1CC2CCC1N2. The number of aliphatic carboxylic acids is 1. The minimum atomic E-state index is -0.772. The van der Waals surface area contributed by atoms with Gasteiger partial charge in [-0.1, -0.05) is 0 Å². The summed E-state index contributed by atoms with van der Waals surface area (Å²) in [5, 5.41) is 15.0. The molecule has 2 rings (SSSR count). The third-order valence-electron chi connectivity index (χ3n) is 4.05. The summed E-state index contributed by atoms with van der Waals surface area (Å²) < 4.78 is 0. The van der Waals surface area contributed by atoms with E-state index in [2.05, 4.69) is 10.6 Å². The van der Waals surface area contributed by atoms with Crippen LogP contribution in [0, 0.1) is 5.92 Å². The summed E-state index contributed by atoms with van der Waals surface area (Å²) >= 11 is 0. The van der Waals surface area contributed by atoms with Gasteiger partial charge in [-0.15, -0.1) is 0 Å². The third-order valence-corrected chi connectivity index (χ3v) is 4.05. The molecule has 2 saturated heterocycles. The molecule has 0 aromatic carbocycles. The van der Waals surface area contributed by atoms with Gasteiger partial charge in [0.2, 0.25) is 5.91 Å². The van der Waals surface area contributed by atoms with E-state index >= 15 is 0 Å². The molecule has 0 aromatic heterocycles. The molecule has 2 bridgehead atoms. The fourth-order valence-electron chi connectivity index (χ4n) is 3.10.